The Morgan fingerprint density at radius 1 is 1.00 bits per heavy atom. The Hall–Kier alpha value is -3.35. The lowest BCUT2D eigenvalue weighted by atomic mass is 9.87. The van der Waals surface area contributed by atoms with E-state index in [1.807, 2.05) is 24.3 Å². The highest BCUT2D eigenvalue weighted by Gasteiger charge is 2.33. The highest BCUT2D eigenvalue weighted by Crippen LogP contribution is 2.30. The second-order valence-corrected chi connectivity index (χ2v) is 7.27. The summed E-state index contributed by atoms with van der Waals surface area (Å²) in [6.07, 6.45) is 3.77. The van der Waals surface area contributed by atoms with Crippen molar-refractivity contribution in [2.75, 3.05) is 20.3 Å². The molecule has 1 aromatic carbocycles. The molecule has 31 heavy (non-hydrogen) atoms. The van der Waals surface area contributed by atoms with Crippen LogP contribution < -0.4 is 10.1 Å². The van der Waals surface area contributed by atoms with Gasteiger partial charge < -0.3 is 19.5 Å². The lowest BCUT2D eigenvalue weighted by Crippen LogP contribution is -2.32. The highest BCUT2D eigenvalue weighted by atomic mass is 16.5. The van der Waals surface area contributed by atoms with Crippen LogP contribution in [0.4, 0.5) is 0 Å². The van der Waals surface area contributed by atoms with Gasteiger partial charge in [0, 0.05) is 23.7 Å². The van der Waals surface area contributed by atoms with Gasteiger partial charge in [-0.05, 0) is 44.5 Å². The Morgan fingerprint density at radius 3 is 2.19 bits per heavy atom. The maximum atomic E-state index is 12.6. The van der Waals surface area contributed by atoms with Crippen molar-refractivity contribution in [3.05, 3.63) is 58.4 Å². The van der Waals surface area contributed by atoms with Crippen LogP contribution in [0.1, 0.15) is 39.7 Å². The smallest absolute Gasteiger partial charge is 0.336 e. The van der Waals surface area contributed by atoms with E-state index >= 15 is 0 Å². The number of allylic oxidation sites excluding steroid dienone is 3. The maximum Gasteiger partial charge on any atom is 0.336 e. The van der Waals surface area contributed by atoms with Gasteiger partial charge in [0.15, 0.2) is 5.78 Å². The van der Waals surface area contributed by atoms with Crippen LogP contribution >= 0.6 is 0 Å². The van der Waals surface area contributed by atoms with Crippen molar-refractivity contribution in [2.24, 2.45) is 5.92 Å². The summed E-state index contributed by atoms with van der Waals surface area (Å²) in [6, 6.07) is 7.35. The Balaban J connectivity index is 1.82. The van der Waals surface area contributed by atoms with E-state index in [9.17, 15) is 14.4 Å². The first-order chi connectivity index (χ1) is 14.7. The number of ketones is 1. The first-order valence-corrected chi connectivity index (χ1v) is 10.1. The molecule has 1 unspecified atom stereocenters. The lowest BCUT2D eigenvalue weighted by molar-refractivity contribution is -0.140. The molecule has 1 aliphatic heterocycles. The summed E-state index contributed by atoms with van der Waals surface area (Å²) in [6.45, 7) is 7.42. The van der Waals surface area contributed by atoms with E-state index in [1.54, 1.807) is 26.8 Å². The lowest BCUT2D eigenvalue weighted by Gasteiger charge is -2.27. The molecule has 1 aromatic rings. The van der Waals surface area contributed by atoms with Crippen LogP contribution in [0.3, 0.4) is 0 Å². The number of methoxy groups -OCH3 is 1. The van der Waals surface area contributed by atoms with Crippen LogP contribution in [0.5, 0.6) is 5.75 Å². The van der Waals surface area contributed by atoms with E-state index in [0.29, 0.717) is 41.3 Å². The van der Waals surface area contributed by atoms with Crippen LogP contribution in [0.15, 0.2) is 52.9 Å². The minimum absolute atomic E-state index is 0.00749. The fourth-order valence-corrected chi connectivity index (χ4v) is 3.36. The normalized spacial score (nSPS) is 16.2. The first-order valence-electron chi connectivity index (χ1n) is 10.1. The van der Waals surface area contributed by atoms with Gasteiger partial charge in [0.1, 0.15) is 5.75 Å². The summed E-state index contributed by atoms with van der Waals surface area (Å²) in [4.78, 5) is 35.6. The van der Waals surface area contributed by atoms with Crippen LogP contribution in [0, 0.1) is 5.92 Å². The molecule has 166 valence electrons. The molecular weight excluding hydrogens is 398 g/mol. The fourth-order valence-electron chi connectivity index (χ4n) is 3.36. The molecule has 0 spiro atoms. The Morgan fingerprint density at radius 2 is 1.61 bits per heavy atom. The van der Waals surface area contributed by atoms with Crippen molar-refractivity contribution < 1.29 is 28.6 Å². The third kappa shape index (κ3) is 6.57. The van der Waals surface area contributed by atoms with Gasteiger partial charge in [-0.25, -0.2) is 9.59 Å². The molecule has 0 saturated heterocycles. The van der Waals surface area contributed by atoms with Gasteiger partial charge in [-0.1, -0.05) is 25.1 Å². The summed E-state index contributed by atoms with van der Waals surface area (Å²) in [5, 5.41) is 3.06. The number of benzene rings is 1. The van der Waals surface area contributed by atoms with Crippen molar-refractivity contribution in [1.82, 2.24) is 5.32 Å². The minimum atomic E-state index is -0.466. The quantitative estimate of drug-likeness (QED) is 0.366. The number of hydrogen-bond acceptors (Lipinski definition) is 7. The minimum Gasteiger partial charge on any atom is -0.493 e. The van der Waals surface area contributed by atoms with Crippen molar-refractivity contribution >= 4 is 23.8 Å². The highest BCUT2D eigenvalue weighted by molar-refractivity contribution is 5.97. The predicted molar refractivity (Wildman–Crippen MR) is 117 cm³/mol. The Bertz CT molecular complexity index is 924. The standard InChI is InChI=1S/C24H29NO6/c1-15(26)7-8-19-9-11-20(12-10-19)30-13-6-14-31-24(28)22-16(2)21(23(27)29-5)17(3)25-18(22)4/h7-12,16,25H,6,13-14H2,1-5H3/b8-7+. The fraction of sp³-hybridized carbons (Fsp3) is 0.375. The summed E-state index contributed by atoms with van der Waals surface area (Å²) in [7, 11) is 1.31. The summed E-state index contributed by atoms with van der Waals surface area (Å²) >= 11 is 0. The van der Waals surface area contributed by atoms with Crippen LogP contribution in [-0.2, 0) is 23.9 Å². The second kappa shape index (κ2) is 11.2. The van der Waals surface area contributed by atoms with Gasteiger partial charge in [-0.3, -0.25) is 4.79 Å². The van der Waals surface area contributed by atoms with Gasteiger partial charge >= 0.3 is 11.9 Å². The molecule has 1 aliphatic rings. The molecule has 0 bridgehead atoms. The van der Waals surface area contributed by atoms with Crippen molar-refractivity contribution in [2.45, 2.75) is 34.1 Å². The van der Waals surface area contributed by atoms with Gasteiger partial charge in [0.05, 0.1) is 31.5 Å². The molecule has 1 heterocycles. The molecule has 0 fully saturated rings. The summed E-state index contributed by atoms with van der Waals surface area (Å²) in [5.41, 5.74) is 3.08. The molecule has 0 saturated carbocycles. The van der Waals surface area contributed by atoms with E-state index in [4.69, 9.17) is 14.2 Å². The average molecular weight is 427 g/mol. The number of dihydropyridines is 1. The number of carbonyl (C=O) groups excluding carboxylic acids is 3. The molecule has 1 N–H and O–H groups in total. The zero-order chi connectivity index (χ0) is 23.0. The summed E-state index contributed by atoms with van der Waals surface area (Å²) in [5.74, 6) is -0.669. The molecule has 7 nitrogen and oxygen atoms in total. The van der Waals surface area contributed by atoms with E-state index in [1.165, 1.54) is 20.1 Å². The average Bonchev–Trinajstić information content (AvgIpc) is 2.72. The van der Waals surface area contributed by atoms with Crippen LogP contribution in [-0.4, -0.2) is 38.0 Å². The van der Waals surface area contributed by atoms with Gasteiger partial charge in [0.2, 0.25) is 0 Å². The third-order valence-corrected chi connectivity index (χ3v) is 4.86. The third-order valence-electron chi connectivity index (χ3n) is 4.86. The Labute approximate surface area is 182 Å². The molecular formula is C24H29NO6. The van der Waals surface area contributed by atoms with Crippen molar-refractivity contribution in [3.63, 3.8) is 0 Å². The number of rotatable bonds is 9. The van der Waals surface area contributed by atoms with Crippen LogP contribution in [0.25, 0.3) is 6.08 Å². The second-order valence-electron chi connectivity index (χ2n) is 7.27. The number of nitrogens with one attached hydrogen (secondary N) is 1. The van der Waals surface area contributed by atoms with Crippen molar-refractivity contribution in [1.29, 1.82) is 0 Å². The van der Waals surface area contributed by atoms with Gasteiger partial charge in [0.25, 0.3) is 0 Å². The predicted octanol–water partition coefficient (Wildman–Crippen LogP) is 3.56. The van der Waals surface area contributed by atoms with E-state index in [0.717, 1.165) is 5.56 Å². The number of carbonyl (C=O) groups is 3. The van der Waals surface area contributed by atoms with E-state index in [2.05, 4.69) is 5.32 Å². The molecule has 2 rings (SSSR count). The number of esters is 2. The molecule has 1 atom stereocenters. The van der Waals surface area contributed by atoms with E-state index < -0.39 is 17.9 Å². The maximum absolute atomic E-state index is 12.6. The molecule has 0 amide bonds. The Kier molecular flexibility index (Phi) is 8.61. The topological polar surface area (TPSA) is 90.9 Å². The largest absolute Gasteiger partial charge is 0.493 e. The van der Waals surface area contributed by atoms with E-state index in [-0.39, 0.29) is 12.4 Å². The molecule has 0 aromatic heterocycles. The molecule has 0 radical (unpaired) electrons. The monoisotopic (exact) mass is 427 g/mol. The first kappa shape index (κ1) is 23.9. The van der Waals surface area contributed by atoms with Gasteiger partial charge in [-0.15, -0.1) is 0 Å². The zero-order valence-electron chi connectivity index (χ0n) is 18.6. The summed E-state index contributed by atoms with van der Waals surface area (Å²) < 4.78 is 15.9. The molecule has 7 heteroatoms. The van der Waals surface area contributed by atoms with Crippen LogP contribution in [0.2, 0.25) is 0 Å². The number of hydrogen-bond donors (Lipinski definition) is 1. The van der Waals surface area contributed by atoms with Crippen molar-refractivity contribution in [3.8, 4) is 5.75 Å². The number of ether oxygens (including phenoxy) is 3. The molecule has 0 aliphatic carbocycles. The zero-order valence-corrected chi connectivity index (χ0v) is 18.6. The SMILES string of the molecule is COC(=O)C1=C(C)NC(C)=C(C(=O)OCCCOc2ccc(/C=C/C(C)=O)cc2)C1C. The van der Waals surface area contributed by atoms with Gasteiger partial charge in [-0.2, -0.15) is 0 Å².